The molecule has 0 fully saturated rings. The van der Waals surface area contributed by atoms with Gasteiger partial charge in [-0.05, 0) is 36.6 Å². The molecule has 1 unspecified atom stereocenters. The van der Waals surface area contributed by atoms with Crippen molar-refractivity contribution in [3.05, 3.63) is 34.3 Å². The number of rotatable bonds is 6. The third-order valence-electron chi connectivity index (χ3n) is 3.34. The van der Waals surface area contributed by atoms with Crippen molar-refractivity contribution in [3.63, 3.8) is 0 Å². The van der Waals surface area contributed by atoms with Crippen LogP contribution in [-0.4, -0.2) is 13.6 Å². The molecule has 0 aromatic heterocycles. The van der Waals surface area contributed by atoms with E-state index >= 15 is 0 Å². The zero-order chi connectivity index (χ0) is 12.0. The Hall–Kier alpha value is -0.340. The molecule has 0 spiro atoms. The van der Waals surface area contributed by atoms with Crippen molar-refractivity contribution >= 4 is 15.9 Å². The minimum atomic E-state index is 0.632. The second-order valence-electron chi connectivity index (χ2n) is 4.29. The first kappa shape index (κ1) is 13.7. The van der Waals surface area contributed by atoms with Crippen LogP contribution in [0.5, 0.6) is 0 Å². The highest BCUT2D eigenvalue weighted by molar-refractivity contribution is 9.10. The first-order valence-corrected chi connectivity index (χ1v) is 6.92. The Morgan fingerprint density at radius 2 is 1.69 bits per heavy atom. The van der Waals surface area contributed by atoms with Crippen molar-refractivity contribution in [2.75, 3.05) is 13.6 Å². The molecule has 1 aromatic rings. The van der Waals surface area contributed by atoms with Gasteiger partial charge in [-0.1, -0.05) is 54.8 Å². The molecule has 0 amide bonds. The molecule has 1 aromatic carbocycles. The molecule has 0 bridgehead atoms. The molecule has 0 aliphatic rings. The molecule has 1 rings (SSSR count). The van der Waals surface area contributed by atoms with Crippen molar-refractivity contribution in [2.24, 2.45) is 5.92 Å². The number of halogens is 1. The van der Waals surface area contributed by atoms with Crippen LogP contribution < -0.4 is 5.32 Å². The highest BCUT2D eigenvalue weighted by Gasteiger charge is 2.19. The average molecular weight is 284 g/mol. The molecule has 0 heterocycles. The van der Waals surface area contributed by atoms with Crippen LogP contribution in [0, 0.1) is 5.92 Å². The quantitative estimate of drug-likeness (QED) is 0.826. The molecular formula is C14H22BrN. The zero-order valence-corrected chi connectivity index (χ0v) is 12.0. The van der Waals surface area contributed by atoms with Gasteiger partial charge in [0.15, 0.2) is 0 Å². The van der Waals surface area contributed by atoms with Crippen LogP contribution in [0.1, 0.15) is 38.2 Å². The van der Waals surface area contributed by atoms with Crippen LogP contribution in [0.2, 0.25) is 0 Å². The number of likely N-dealkylation sites (N-methyl/N-ethyl adjacent to an activating group) is 1. The third-order valence-corrected chi connectivity index (χ3v) is 3.87. The Labute approximate surface area is 108 Å². The molecule has 0 saturated heterocycles. The Morgan fingerprint density at radius 1 is 1.12 bits per heavy atom. The SMILES string of the molecule is CCC(CC)C(CNC)c1ccc(Br)cc1. The van der Waals surface area contributed by atoms with Gasteiger partial charge in [0.2, 0.25) is 0 Å². The van der Waals surface area contributed by atoms with Gasteiger partial charge in [0.1, 0.15) is 0 Å². The highest BCUT2D eigenvalue weighted by atomic mass is 79.9. The lowest BCUT2D eigenvalue weighted by atomic mass is 9.82. The second kappa shape index (κ2) is 7.08. The Kier molecular flexibility index (Phi) is 6.07. The van der Waals surface area contributed by atoms with Gasteiger partial charge >= 0.3 is 0 Å². The number of hydrogen-bond donors (Lipinski definition) is 1. The normalized spacial score (nSPS) is 13.1. The van der Waals surface area contributed by atoms with Gasteiger partial charge < -0.3 is 5.32 Å². The monoisotopic (exact) mass is 283 g/mol. The topological polar surface area (TPSA) is 12.0 Å². The third kappa shape index (κ3) is 3.60. The lowest BCUT2D eigenvalue weighted by molar-refractivity contribution is 0.387. The summed E-state index contributed by atoms with van der Waals surface area (Å²) in [5.74, 6) is 1.40. The minimum Gasteiger partial charge on any atom is -0.319 e. The van der Waals surface area contributed by atoms with Gasteiger partial charge in [-0.25, -0.2) is 0 Å². The Balaban J connectivity index is 2.87. The summed E-state index contributed by atoms with van der Waals surface area (Å²) in [5, 5.41) is 3.32. The van der Waals surface area contributed by atoms with E-state index in [4.69, 9.17) is 0 Å². The van der Waals surface area contributed by atoms with E-state index in [2.05, 4.69) is 59.4 Å². The van der Waals surface area contributed by atoms with Crippen molar-refractivity contribution in [2.45, 2.75) is 32.6 Å². The maximum atomic E-state index is 3.49. The molecule has 1 N–H and O–H groups in total. The molecule has 1 atom stereocenters. The second-order valence-corrected chi connectivity index (χ2v) is 5.21. The van der Waals surface area contributed by atoms with Gasteiger partial charge in [0, 0.05) is 11.0 Å². The van der Waals surface area contributed by atoms with Crippen LogP contribution in [0.25, 0.3) is 0 Å². The van der Waals surface area contributed by atoms with E-state index in [1.54, 1.807) is 0 Å². The van der Waals surface area contributed by atoms with E-state index in [1.165, 1.54) is 18.4 Å². The molecule has 0 radical (unpaired) electrons. The summed E-state index contributed by atoms with van der Waals surface area (Å²) in [7, 11) is 2.04. The molecular weight excluding hydrogens is 262 g/mol. The lowest BCUT2D eigenvalue weighted by Crippen LogP contribution is -2.23. The molecule has 90 valence electrons. The summed E-state index contributed by atoms with van der Waals surface area (Å²) in [5.41, 5.74) is 1.45. The first-order chi connectivity index (χ1) is 7.72. The maximum absolute atomic E-state index is 3.49. The van der Waals surface area contributed by atoms with Crippen LogP contribution in [0.4, 0.5) is 0 Å². The molecule has 0 aliphatic heterocycles. The van der Waals surface area contributed by atoms with Crippen molar-refractivity contribution in [1.82, 2.24) is 5.32 Å². The van der Waals surface area contributed by atoms with E-state index < -0.39 is 0 Å². The Bertz CT molecular complexity index is 290. The van der Waals surface area contributed by atoms with Crippen molar-refractivity contribution in [1.29, 1.82) is 0 Å². The van der Waals surface area contributed by atoms with Crippen LogP contribution in [-0.2, 0) is 0 Å². The molecule has 16 heavy (non-hydrogen) atoms. The summed E-state index contributed by atoms with van der Waals surface area (Å²) in [6.07, 6.45) is 2.50. The Morgan fingerprint density at radius 3 is 2.12 bits per heavy atom. The fourth-order valence-corrected chi connectivity index (χ4v) is 2.61. The van der Waals surface area contributed by atoms with Crippen LogP contribution >= 0.6 is 15.9 Å². The fraction of sp³-hybridized carbons (Fsp3) is 0.571. The fourth-order valence-electron chi connectivity index (χ4n) is 2.34. The smallest absolute Gasteiger partial charge is 0.0175 e. The summed E-state index contributed by atoms with van der Waals surface area (Å²) in [6.45, 7) is 5.64. The van der Waals surface area contributed by atoms with E-state index in [-0.39, 0.29) is 0 Å². The average Bonchev–Trinajstić information content (AvgIpc) is 2.31. The number of benzene rings is 1. The maximum Gasteiger partial charge on any atom is 0.0175 e. The predicted octanol–water partition coefficient (Wildman–Crippen LogP) is 4.19. The van der Waals surface area contributed by atoms with Crippen molar-refractivity contribution < 1.29 is 0 Å². The predicted molar refractivity (Wildman–Crippen MR) is 74.9 cm³/mol. The highest BCUT2D eigenvalue weighted by Crippen LogP contribution is 2.29. The van der Waals surface area contributed by atoms with Gasteiger partial charge in [0.05, 0.1) is 0 Å². The number of hydrogen-bond acceptors (Lipinski definition) is 1. The van der Waals surface area contributed by atoms with Crippen molar-refractivity contribution in [3.8, 4) is 0 Å². The van der Waals surface area contributed by atoms with Gasteiger partial charge in [-0.3, -0.25) is 0 Å². The zero-order valence-electron chi connectivity index (χ0n) is 10.5. The van der Waals surface area contributed by atoms with Gasteiger partial charge in [0.25, 0.3) is 0 Å². The minimum absolute atomic E-state index is 0.632. The lowest BCUT2D eigenvalue weighted by Gasteiger charge is -2.25. The summed E-state index contributed by atoms with van der Waals surface area (Å²) in [4.78, 5) is 0. The molecule has 2 heteroatoms. The number of nitrogens with one attached hydrogen (secondary N) is 1. The van der Waals surface area contributed by atoms with E-state index in [0.29, 0.717) is 5.92 Å². The van der Waals surface area contributed by atoms with Crippen LogP contribution in [0.15, 0.2) is 28.7 Å². The van der Waals surface area contributed by atoms with Crippen LogP contribution in [0.3, 0.4) is 0 Å². The largest absolute Gasteiger partial charge is 0.319 e. The molecule has 1 nitrogen and oxygen atoms in total. The van der Waals surface area contributed by atoms with E-state index in [0.717, 1.165) is 16.9 Å². The van der Waals surface area contributed by atoms with Gasteiger partial charge in [-0.2, -0.15) is 0 Å². The van der Waals surface area contributed by atoms with E-state index in [1.807, 2.05) is 7.05 Å². The molecule has 0 aliphatic carbocycles. The summed E-state index contributed by atoms with van der Waals surface area (Å²) < 4.78 is 1.16. The summed E-state index contributed by atoms with van der Waals surface area (Å²) in [6, 6.07) is 8.76. The van der Waals surface area contributed by atoms with E-state index in [9.17, 15) is 0 Å². The molecule has 0 saturated carbocycles. The van der Waals surface area contributed by atoms with Gasteiger partial charge in [-0.15, -0.1) is 0 Å². The first-order valence-electron chi connectivity index (χ1n) is 6.12. The standard InChI is InChI=1S/C14H22BrN/c1-4-11(5-2)14(10-16-3)12-6-8-13(15)9-7-12/h6-9,11,14,16H,4-5,10H2,1-3H3. The summed E-state index contributed by atoms with van der Waals surface area (Å²) >= 11 is 3.49.